The first-order valence-corrected chi connectivity index (χ1v) is 11.2. The Morgan fingerprint density at radius 2 is 1.82 bits per heavy atom. The molecule has 0 unspecified atom stereocenters. The lowest BCUT2D eigenvalue weighted by atomic mass is 10.1. The van der Waals surface area contributed by atoms with Crippen molar-refractivity contribution in [2.75, 3.05) is 11.9 Å². The molecule has 2 amide bonds. The second-order valence-electron chi connectivity index (χ2n) is 7.82. The van der Waals surface area contributed by atoms with Gasteiger partial charge < -0.3 is 15.4 Å². The van der Waals surface area contributed by atoms with Crippen molar-refractivity contribution in [3.63, 3.8) is 0 Å². The van der Waals surface area contributed by atoms with Crippen LogP contribution in [0, 0.1) is 6.92 Å². The fourth-order valence-electron chi connectivity index (χ4n) is 3.24. The molecule has 1 fully saturated rings. The summed E-state index contributed by atoms with van der Waals surface area (Å²) in [6.45, 7) is 1.28. The summed E-state index contributed by atoms with van der Waals surface area (Å²) in [5.41, 5.74) is 2.71. The molecule has 1 aliphatic rings. The molecular formula is C25H23ClN4O4. The SMILES string of the molecule is Cc1nn(-c2ccccc2)c(Cl)c1/C=C/C(=O)OCC(=O)Nc1ccccc1C(=O)NC1CC1. The van der Waals surface area contributed by atoms with Crippen molar-refractivity contribution in [1.29, 1.82) is 0 Å². The number of hydrogen-bond donors (Lipinski definition) is 2. The van der Waals surface area contributed by atoms with Crippen LogP contribution in [0.15, 0.2) is 60.7 Å². The summed E-state index contributed by atoms with van der Waals surface area (Å²) in [7, 11) is 0. The predicted molar refractivity (Wildman–Crippen MR) is 129 cm³/mol. The lowest BCUT2D eigenvalue weighted by Gasteiger charge is -2.11. The number of para-hydroxylation sites is 2. The number of aromatic nitrogens is 2. The van der Waals surface area contributed by atoms with Gasteiger partial charge in [0.2, 0.25) is 0 Å². The molecule has 1 aliphatic carbocycles. The molecule has 174 valence electrons. The number of aryl methyl sites for hydroxylation is 1. The number of nitrogens with one attached hydrogen (secondary N) is 2. The van der Waals surface area contributed by atoms with E-state index in [-0.39, 0.29) is 11.9 Å². The molecule has 2 N–H and O–H groups in total. The van der Waals surface area contributed by atoms with E-state index in [1.54, 1.807) is 35.9 Å². The van der Waals surface area contributed by atoms with Gasteiger partial charge in [0.25, 0.3) is 11.8 Å². The van der Waals surface area contributed by atoms with Crippen molar-refractivity contribution in [2.24, 2.45) is 0 Å². The number of ether oxygens (including phenoxy) is 1. The smallest absolute Gasteiger partial charge is 0.331 e. The minimum absolute atomic E-state index is 0.195. The van der Waals surface area contributed by atoms with Gasteiger partial charge in [-0.2, -0.15) is 5.10 Å². The molecule has 2 aromatic carbocycles. The van der Waals surface area contributed by atoms with E-state index in [1.165, 1.54) is 12.2 Å². The summed E-state index contributed by atoms with van der Waals surface area (Å²) in [6.07, 6.45) is 4.61. The number of nitrogens with zero attached hydrogens (tertiary/aromatic N) is 2. The van der Waals surface area contributed by atoms with Gasteiger partial charge in [-0.05, 0) is 50.1 Å². The number of amides is 2. The van der Waals surface area contributed by atoms with Gasteiger partial charge >= 0.3 is 5.97 Å². The Morgan fingerprint density at radius 1 is 1.12 bits per heavy atom. The predicted octanol–water partition coefficient (Wildman–Crippen LogP) is 3.92. The molecule has 9 heteroatoms. The average molecular weight is 479 g/mol. The molecule has 1 aromatic heterocycles. The highest BCUT2D eigenvalue weighted by atomic mass is 35.5. The molecular weight excluding hydrogens is 456 g/mol. The number of carbonyl (C=O) groups is 3. The first kappa shape index (κ1) is 23.3. The van der Waals surface area contributed by atoms with E-state index in [0.29, 0.717) is 27.7 Å². The van der Waals surface area contributed by atoms with Gasteiger partial charge in [0, 0.05) is 17.7 Å². The highest BCUT2D eigenvalue weighted by Crippen LogP contribution is 2.25. The van der Waals surface area contributed by atoms with Crippen LogP contribution in [0.3, 0.4) is 0 Å². The quantitative estimate of drug-likeness (QED) is 0.377. The van der Waals surface area contributed by atoms with Crippen molar-refractivity contribution in [3.8, 4) is 5.69 Å². The largest absolute Gasteiger partial charge is 0.452 e. The monoisotopic (exact) mass is 478 g/mol. The zero-order valence-corrected chi connectivity index (χ0v) is 19.2. The van der Waals surface area contributed by atoms with Crippen LogP contribution in [0.2, 0.25) is 5.15 Å². The molecule has 34 heavy (non-hydrogen) atoms. The summed E-state index contributed by atoms with van der Waals surface area (Å²) < 4.78 is 6.61. The third-order valence-electron chi connectivity index (χ3n) is 5.14. The van der Waals surface area contributed by atoms with Crippen molar-refractivity contribution in [2.45, 2.75) is 25.8 Å². The Bertz CT molecular complexity index is 1250. The second-order valence-corrected chi connectivity index (χ2v) is 8.18. The van der Waals surface area contributed by atoms with Crippen LogP contribution in [-0.4, -0.2) is 40.2 Å². The highest BCUT2D eigenvalue weighted by Gasteiger charge is 2.25. The Morgan fingerprint density at radius 3 is 2.56 bits per heavy atom. The third kappa shape index (κ3) is 5.71. The fourth-order valence-corrected chi connectivity index (χ4v) is 3.58. The summed E-state index contributed by atoms with van der Waals surface area (Å²) in [5, 5.41) is 10.3. The van der Waals surface area contributed by atoms with Crippen LogP contribution < -0.4 is 10.6 Å². The minimum Gasteiger partial charge on any atom is -0.452 e. The van der Waals surface area contributed by atoms with Crippen LogP contribution in [0.4, 0.5) is 5.69 Å². The van der Waals surface area contributed by atoms with E-state index in [1.807, 2.05) is 30.3 Å². The van der Waals surface area contributed by atoms with Crippen molar-refractivity contribution in [3.05, 3.63) is 82.6 Å². The maximum absolute atomic E-state index is 12.4. The molecule has 0 atom stereocenters. The summed E-state index contributed by atoms with van der Waals surface area (Å²) in [6, 6.07) is 16.2. The number of hydrogen-bond acceptors (Lipinski definition) is 5. The Kier molecular flexibility index (Phi) is 7.08. The van der Waals surface area contributed by atoms with Crippen molar-refractivity contribution < 1.29 is 19.1 Å². The maximum Gasteiger partial charge on any atom is 0.331 e. The number of carbonyl (C=O) groups excluding carboxylic acids is 3. The van der Waals surface area contributed by atoms with Crippen LogP contribution in [0.1, 0.15) is 34.5 Å². The molecule has 1 heterocycles. The van der Waals surface area contributed by atoms with E-state index >= 15 is 0 Å². The molecule has 0 radical (unpaired) electrons. The minimum atomic E-state index is -0.710. The van der Waals surface area contributed by atoms with Gasteiger partial charge in [-0.15, -0.1) is 0 Å². The second kappa shape index (κ2) is 10.4. The standard InChI is InChI=1S/C25H23ClN4O4/c1-16-19(24(26)30(29-16)18-7-3-2-4-8-18)13-14-23(32)34-15-22(31)28-21-10-6-5-9-20(21)25(33)27-17-11-12-17/h2-10,13-14,17H,11-12,15H2,1H3,(H,27,33)(H,28,31)/b14-13+. The summed E-state index contributed by atoms with van der Waals surface area (Å²) in [4.78, 5) is 36.8. The highest BCUT2D eigenvalue weighted by molar-refractivity contribution is 6.31. The molecule has 0 saturated heterocycles. The van der Waals surface area contributed by atoms with Crippen molar-refractivity contribution in [1.82, 2.24) is 15.1 Å². The van der Waals surface area contributed by atoms with E-state index in [9.17, 15) is 14.4 Å². The number of benzene rings is 2. The van der Waals surface area contributed by atoms with E-state index in [4.69, 9.17) is 16.3 Å². The van der Waals surface area contributed by atoms with E-state index in [2.05, 4.69) is 15.7 Å². The van der Waals surface area contributed by atoms with Gasteiger partial charge in [0.05, 0.1) is 22.6 Å². The van der Waals surface area contributed by atoms with E-state index in [0.717, 1.165) is 18.5 Å². The first-order valence-electron chi connectivity index (χ1n) is 10.8. The molecule has 4 rings (SSSR count). The lowest BCUT2D eigenvalue weighted by Crippen LogP contribution is -2.27. The Labute approximate surface area is 201 Å². The van der Waals surface area contributed by atoms with Gasteiger partial charge in [-0.25, -0.2) is 9.48 Å². The number of anilines is 1. The topological polar surface area (TPSA) is 102 Å². The zero-order chi connectivity index (χ0) is 24.1. The Balaban J connectivity index is 1.34. The van der Waals surface area contributed by atoms with Gasteiger partial charge in [-0.1, -0.05) is 41.9 Å². The zero-order valence-electron chi connectivity index (χ0n) is 18.5. The van der Waals surface area contributed by atoms with Gasteiger partial charge in [-0.3, -0.25) is 9.59 Å². The molecule has 0 aliphatic heterocycles. The summed E-state index contributed by atoms with van der Waals surface area (Å²) >= 11 is 6.44. The lowest BCUT2D eigenvalue weighted by molar-refractivity contribution is -0.142. The maximum atomic E-state index is 12.4. The van der Waals surface area contributed by atoms with Crippen LogP contribution in [0.5, 0.6) is 0 Å². The van der Waals surface area contributed by atoms with Crippen LogP contribution in [-0.2, 0) is 14.3 Å². The molecule has 0 spiro atoms. The molecule has 1 saturated carbocycles. The number of esters is 1. The third-order valence-corrected chi connectivity index (χ3v) is 5.50. The van der Waals surface area contributed by atoms with Crippen LogP contribution >= 0.6 is 11.6 Å². The van der Waals surface area contributed by atoms with E-state index < -0.39 is 18.5 Å². The molecule has 3 aromatic rings. The van der Waals surface area contributed by atoms with Gasteiger partial charge in [0.1, 0.15) is 5.15 Å². The molecule has 0 bridgehead atoms. The number of rotatable bonds is 8. The summed E-state index contributed by atoms with van der Waals surface area (Å²) in [5.74, 6) is -1.51. The van der Waals surface area contributed by atoms with Crippen LogP contribution in [0.25, 0.3) is 11.8 Å². The first-order chi connectivity index (χ1) is 16.4. The van der Waals surface area contributed by atoms with Gasteiger partial charge in [0.15, 0.2) is 6.61 Å². The fraction of sp³-hybridized carbons (Fsp3) is 0.200. The normalized spacial score (nSPS) is 13.0. The Hall–Kier alpha value is -3.91. The molecule has 8 nitrogen and oxygen atoms in total. The van der Waals surface area contributed by atoms with Crippen molar-refractivity contribution >= 4 is 41.1 Å². The average Bonchev–Trinajstić information content (AvgIpc) is 3.61. The number of halogens is 1.